The fourth-order valence-corrected chi connectivity index (χ4v) is 1.62. The van der Waals surface area contributed by atoms with Gasteiger partial charge < -0.3 is 10.1 Å². The summed E-state index contributed by atoms with van der Waals surface area (Å²) in [7, 11) is 0.860. The summed E-state index contributed by atoms with van der Waals surface area (Å²) in [6.45, 7) is 2.76. The lowest BCUT2D eigenvalue weighted by Gasteiger charge is -2.09. The molecular weight excluding hydrogens is 224 g/mol. The van der Waals surface area contributed by atoms with Crippen molar-refractivity contribution in [3.63, 3.8) is 0 Å². The number of nitrogens with zero attached hydrogens (tertiary/aromatic N) is 1. The molecule has 0 saturated heterocycles. The lowest BCUT2D eigenvalue weighted by molar-refractivity contribution is 0.413. The largest absolute Gasteiger partial charge is 0.495 e. The Labute approximate surface area is 98.9 Å². The molecule has 0 fully saturated rings. The van der Waals surface area contributed by atoms with Crippen molar-refractivity contribution in [2.75, 3.05) is 25.2 Å². The molecule has 5 heteroatoms. The van der Waals surface area contributed by atoms with Crippen LogP contribution in [0, 0.1) is 0 Å². The summed E-state index contributed by atoms with van der Waals surface area (Å²) < 4.78 is 16.1. The van der Waals surface area contributed by atoms with Crippen LogP contribution in [0.1, 0.15) is 13.3 Å². The van der Waals surface area contributed by atoms with Crippen molar-refractivity contribution >= 4 is 16.6 Å². The van der Waals surface area contributed by atoms with Crippen molar-refractivity contribution in [2.24, 2.45) is 0 Å². The van der Waals surface area contributed by atoms with Gasteiger partial charge in [-0.15, -0.1) is 0 Å². The number of anilines is 1. The maximum atomic E-state index is 11.1. The van der Waals surface area contributed by atoms with Gasteiger partial charge >= 0.3 is 0 Å². The summed E-state index contributed by atoms with van der Waals surface area (Å²) in [6, 6.07) is 3.73. The van der Waals surface area contributed by atoms with Gasteiger partial charge in [-0.1, -0.05) is 6.92 Å². The lowest BCUT2D eigenvalue weighted by atomic mass is 10.3. The maximum absolute atomic E-state index is 11.1. The monoisotopic (exact) mass is 242 g/mol. The molecular formula is C11H18N2O2S. The fraction of sp³-hybridized carbons (Fsp3) is 0.545. The average Bonchev–Trinajstić information content (AvgIpc) is 2.29. The van der Waals surface area contributed by atoms with E-state index in [-0.39, 0.29) is 5.25 Å². The third-order valence-electron chi connectivity index (χ3n) is 2.40. The van der Waals surface area contributed by atoms with Crippen LogP contribution in [0.3, 0.4) is 0 Å². The second kappa shape index (κ2) is 6.48. The van der Waals surface area contributed by atoms with E-state index in [1.807, 2.05) is 19.1 Å². The summed E-state index contributed by atoms with van der Waals surface area (Å²) in [5.41, 5.74) is 0. The molecule has 0 aliphatic rings. The highest BCUT2D eigenvalue weighted by atomic mass is 32.2. The van der Waals surface area contributed by atoms with Gasteiger partial charge in [0.1, 0.15) is 11.6 Å². The van der Waals surface area contributed by atoms with Crippen LogP contribution in [0.5, 0.6) is 5.75 Å². The predicted octanol–water partition coefficient (Wildman–Crippen LogP) is 1.66. The van der Waals surface area contributed by atoms with E-state index in [4.69, 9.17) is 4.74 Å². The van der Waals surface area contributed by atoms with Crippen molar-refractivity contribution in [3.8, 4) is 5.75 Å². The van der Waals surface area contributed by atoms with Crippen molar-refractivity contribution in [1.82, 2.24) is 4.98 Å². The van der Waals surface area contributed by atoms with Gasteiger partial charge in [-0.3, -0.25) is 4.21 Å². The Hall–Kier alpha value is -1.10. The molecule has 0 spiro atoms. The zero-order chi connectivity index (χ0) is 12.0. The van der Waals surface area contributed by atoms with Crippen LogP contribution < -0.4 is 10.1 Å². The normalized spacial score (nSPS) is 14.2. The number of pyridine rings is 1. The number of aromatic nitrogens is 1. The van der Waals surface area contributed by atoms with E-state index >= 15 is 0 Å². The first-order chi connectivity index (χ1) is 7.63. The summed E-state index contributed by atoms with van der Waals surface area (Å²) >= 11 is 0. The van der Waals surface area contributed by atoms with Crippen LogP contribution in [0.25, 0.3) is 0 Å². The SMILES string of the molecule is COc1ccc(NCCC(C)S(C)=O)nc1. The molecule has 0 aromatic carbocycles. The highest BCUT2D eigenvalue weighted by Gasteiger charge is 2.05. The third-order valence-corrected chi connectivity index (χ3v) is 3.76. The maximum Gasteiger partial charge on any atom is 0.137 e. The minimum absolute atomic E-state index is 0.214. The van der Waals surface area contributed by atoms with Gasteiger partial charge in [-0.2, -0.15) is 0 Å². The first-order valence-corrected chi connectivity index (χ1v) is 6.81. The summed E-state index contributed by atoms with van der Waals surface area (Å²) in [6.07, 6.45) is 4.27. The average molecular weight is 242 g/mol. The molecule has 1 heterocycles. The molecule has 0 aliphatic heterocycles. The molecule has 16 heavy (non-hydrogen) atoms. The molecule has 90 valence electrons. The van der Waals surface area contributed by atoms with Crippen LogP contribution in [0.2, 0.25) is 0 Å². The summed E-state index contributed by atoms with van der Waals surface area (Å²) in [4.78, 5) is 4.18. The van der Waals surface area contributed by atoms with E-state index in [2.05, 4.69) is 10.3 Å². The predicted molar refractivity (Wildman–Crippen MR) is 67.4 cm³/mol. The van der Waals surface area contributed by atoms with Crippen LogP contribution >= 0.6 is 0 Å². The Bertz CT molecular complexity index is 340. The van der Waals surface area contributed by atoms with Crippen molar-refractivity contribution < 1.29 is 8.95 Å². The Morgan fingerprint density at radius 3 is 2.81 bits per heavy atom. The Kier molecular flexibility index (Phi) is 5.25. The van der Waals surface area contributed by atoms with Crippen LogP contribution in [0.15, 0.2) is 18.3 Å². The molecule has 1 aromatic rings. The van der Waals surface area contributed by atoms with Gasteiger partial charge in [-0.05, 0) is 18.6 Å². The second-order valence-electron chi connectivity index (χ2n) is 3.61. The minimum Gasteiger partial charge on any atom is -0.495 e. The summed E-state index contributed by atoms with van der Waals surface area (Å²) in [5.74, 6) is 1.56. The number of ether oxygens (including phenoxy) is 1. The number of rotatable bonds is 6. The van der Waals surface area contributed by atoms with Gasteiger partial charge in [-0.25, -0.2) is 4.98 Å². The highest BCUT2D eigenvalue weighted by molar-refractivity contribution is 7.84. The van der Waals surface area contributed by atoms with E-state index in [1.54, 1.807) is 19.6 Å². The van der Waals surface area contributed by atoms with Gasteiger partial charge in [0.2, 0.25) is 0 Å². The standard InChI is InChI=1S/C11H18N2O2S/c1-9(16(3)14)6-7-12-11-5-4-10(15-2)8-13-11/h4-5,8-9H,6-7H2,1-3H3,(H,12,13). The van der Waals surface area contributed by atoms with E-state index in [0.29, 0.717) is 0 Å². The highest BCUT2D eigenvalue weighted by Crippen LogP contribution is 2.11. The fourth-order valence-electron chi connectivity index (χ4n) is 1.18. The van der Waals surface area contributed by atoms with Gasteiger partial charge in [0.15, 0.2) is 0 Å². The van der Waals surface area contributed by atoms with Crippen LogP contribution in [-0.2, 0) is 10.8 Å². The number of nitrogens with one attached hydrogen (secondary N) is 1. The molecule has 1 N–H and O–H groups in total. The summed E-state index contributed by atoms with van der Waals surface area (Å²) in [5, 5.41) is 3.39. The van der Waals surface area contributed by atoms with E-state index < -0.39 is 10.8 Å². The quantitative estimate of drug-likeness (QED) is 0.824. The van der Waals surface area contributed by atoms with Crippen molar-refractivity contribution in [1.29, 1.82) is 0 Å². The number of methoxy groups -OCH3 is 1. The lowest BCUT2D eigenvalue weighted by Crippen LogP contribution is -2.15. The minimum atomic E-state index is -0.754. The van der Waals surface area contributed by atoms with E-state index in [1.165, 1.54) is 0 Å². The zero-order valence-corrected chi connectivity index (χ0v) is 10.7. The molecule has 2 atom stereocenters. The molecule has 2 unspecified atom stereocenters. The first kappa shape index (κ1) is 13.0. The van der Waals surface area contributed by atoms with Gasteiger partial charge in [0.25, 0.3) is 0 Å². The molecule has 0 radical (unpaired) electrons. The molecule has 0 bridgehead atoms. The molecule has 4 nitrogen and oxygen atoms in total. The molecule has 0 saturated carbocycles. The topological polar surface area (TPSA) is 51.2 Å². The van der Waals surface area contributed by atoms with E-state index in [9.17, 15) is 4.21 Å². The molecule has 1 aromatic heterocycles. The van der Waals surface area contributed by atoms with Crippen molar-refractivity contribution in [2.45, 2.75) is 18.6 Å². The molecule has 1 rings (SSSR count). The molecule has 0 aliphatic carbocycles. The Morgan fingerprint density at radius 1 is 1.56 bits per heavy atom. The first-order valence-electron chi connectivity index (χ1n) is 5.19. The molecule has 0 amide bonds. The Balaban J connectivity index is 2.34. The van der Waals surface area contributed by atoms with Crippen LogP contribution in [0.4, 0.5) is 5.82 Å². The van der Waals surface area contributed by atoms with E-state index in [0.717, 1.165) is 24.5 Å². The number of hydrogen-bond donors (Lipinski definition) is 1. The Morgan fingerprint density at radius 2 is 2.31 bits per heavy atom. The second-order valence-corrected chi connectivity index (χ2v) is 5.41. The van der Waals surface area contributed by atoms with Crippen LogP contribution in [-0.4, -0.2) is 34.4 Å². The smallest absolute Gasteiger partial charge is 0.137 e. The van der Waals surface area contributed by atoms with Gasteiger partial charge in [0.05, 0.1) is 13.3 Å². The third kappa shape index (κ3) is 4.18. The number of hydrogen-bond acceptors (Lipinski definition) is 4. The zero-order valence-electron chi connectivity index (χ0n) is 9.90. The van der Waals surface area contributed by atoms with Crippen molar-refractivity contribution in [3.05, 3.63) is 18.3 Å². The van der Waals surface area contributed by atoms with Gasteiger partial charge in [0, 0.05) is 28.9 Å².